The van der Waals surface area contributed by atoms with Crippen LogP contribution in [-0.2, 0) is 4.57 Å². The molecule has 0 aliphatic carbocycles. The molecule has 1 heterocycles. The van der Waals surface area contributed by atoms with Gasteiger partial charge < -0.3 is 14.5 Å². The minimum atomic E-state index is -3.75. The molecule has 66 valence electrons. The van der Waals surface area contributed by atoms with Crippen molar-refractivity contribution < 1.29 is 9.46 Å². The van der Waals surface area contributed by atoms with Gasteiger partial charge in [0.25, 0.3) is 0 Å². The number of aliphatic imine (C=N–C) groups is 1. The van der Waals surface area contributed by atoms with E-state index in [2.05, 4.69) is 15.4 Å². The fraction of sp³-hybridized carbons (Fsp3) is 0.600. The van der Waals surface area contributed by atoms with Crippen molar-refractivity contribution in [1.29, 1.82) is 5.26 Å². The quantitative estimate of drug-likeness (QED) is 0.297. The minimum Gasteiger partial charge on any atom is -0.782 e. The summed E-state index contributed by atoms with van der Waals surface area (Å²) in [5, 5.41) is 11.3. The minimum absolute atomic E-state index is 0.0131. The molecular weight excluding hydrogens is 179 g/mol. The fourth-order valence-corrected chi connectivity index (χ4v) is 1.64. The van der Waals surface area contributed by atoms with E-state index in [4.69, 9.17) is 5.26 Å². The average molecular weight is 187 g/mol. The van der Waals surface area contributed by atoms with E-state index >= 15 is 0 Å². The van der Waals surface area contributed by atoms with Gasteiger partial charge in [-0.2, -0.15) is 5.26 Å². The highest BCUT2D eigenvalue weighted by atomic mass is 31.2. The molecule has 0 bridgehead atoms. The number of rotatable bonds is 0. The van der Waals surface area contributed by atoms with Crippen molar-refractivity contribution in [2.75, 3.05) is 0 Å². The van der Waals surface area contributed by atoms with E-state index in [-0.39, 0.29) is 5.96 Å². The Morgan fingerprint density at radius 3 is 2.75 bits per heavy atom. The highest BCUT2D eigenvalue weighted by molar-refractivity contribution is 7.57. The van der Waals surface area contributed by atoms with Crippen LogP contribution in [-0.4, -0.2) is 11.2 Å². The molecule has 0 aromatic heterocycles. The normalized spacial score (nSPS) is 31.7. The Kier molecular flexibility index (Phi) is 1.86. The summed E-state index contributed by atoms with van der Waals surface area (Å²) in [5.74, 6) is -0.0131. The van der Waals surface area contributed by atoms with Gasteiger partial charge in [-0.1, -0.05) is 0 Å². The molecule has 1 aliphatic rings. The summed E-state index contributed by atoms with van der Waals surface area (Å²) in [6, 6.07) is 0. The van der Waals surface area contributed by atoms with Crippen molar-refractivity contribution in [2.24, 2.45) is 4.99 Å². The first-order chi connectivity index (χ1) is 5.39. The summed E-state index contributed by atoms with van der Waals surface area (Å²) < 4.78 is 11.2. The van der Waals surface area contributed by atoms with Crippen molar-refractivity contribution in [3.8, 4) is 6.19 Å². The second-order valence-corrected chi connectivity index (χ2v) is 5.28. The Hall–Kier alpha value is -1.05. The molecule has 0 amide bonds. The predicted molar refractivity (Wildman–Crippen MR) is 41.0 cm³/mol. The van der Waals surface area contributed by atoms with Gasteiger partial charge in [0.15, 0.2) is 6.19 Å². The Morgan fingerprint density at radius 2 is 2.42 bits per heavy atom. The smallest absolute Gasteiger partial charge is 0.210 e. The van der Waals surface area contributed by atoms with Gasteiger partial charge in [-0.3, -0.25) is 5.32 Å². The standard InChI is InChI=1S/C5H9N4O2P/c1-5(2)8-4(7-3-6)9-12(5,10)11/h1-2H3,(H3,7,8,9,10,11)/p-1. The summed E-state index contributed by atoms with van der Waals surface area (Å²) >= 11 is 0. The lowest BCUT2D eigenvalue weighted by Crippen LogP contribution is -2.32. The number of hydrogen-bond donors (Lipinski definition) is 2. The maximum atomic E-state index is 11.2. The van der Waals surface area contributed by atoms with Gasteiger partial charge >= 0.3 is 0 Å². The predicted octanol–water partition coefficient (Wildman–Crippen LogP) is -0.694. The highest BCUT2D eigenvalue weighted by Crippen LogP contribution is 2.50. The first-order valence-electron chi connectivity index (χ1n) is 3.23. The Balaban J connectivity index is 2.92. The van der Waals surface area contributed by atoms with E-state index in [9.17, 15) is 9.46 Å². The number of nitriles is 1. The Bertz CT molecular complexity index is 316. The molecule has 0 aromatic rings. The summed E-state index contributed by atoms with van der Waals surface area (Å²) in [5.41, 5.74) is 0. The molecule has 7 heteroatoms. The summed E-state index contributed by atoms with van der Waals surface area (Å²) in [6.45, 7) is 2.92. The molecule has 0 radical (unpaired) electrons. The van der Waals surface area contributed by atoms with E-state index in [1.165, 1.54) is 13.8 Å². The molecule has 0 aromatic carbocycles. The maximum absolute atomic E-state index is 11.2. The van der Waals surface area contributed by atoms with Gasteiger partial charge in [0.2, 0.25) is 5.96 Å². The number of nitrogens with one attached hydrogen (secondary N) is 2. The number of guanidine groups is 1. The van der Waals surface area contributed by atoms with Gasteiger partial charge in [0, 0.05) is 0 Å². The zero-order valence-corrected chi connectivity index (χ0v) is 7.55. The van der Waals surface area contributed by atoms with Crippen molar-refractivity contribution in [3.05, 3.63) is 0 Å². The largest absolute Gasteiger partial charge is 0.782 e. The van der Waals surface area contributed by atoms with Crippen molar-refractivity contribution in [3.63, 3.8) is 0 Å². The molecule has 0 saturated heterocycles. The third-order valence-electron chi connectivity index (χ3n) is 1.53. The van der Waals surface area contributed by atoms with Crippen LogP contribution in [0.5, 0.6) is 0 Å². The molecule has 0 saturated carbocycles. The lowest BCUT2D eigenvalue weighted by Gasteiger charge is -2.29. The molecular formula is C5H8N4O2P-. The Labute approximate surface area is 69.8 Å². The fourth-order valence-electron chi connectivity index (χ4n) is 0.750. The molecule has 12 heavy (non-hydrogen) atoms. The lowest BCUT2D eigenvalue weighted by atomic mass is 10.4. The molecule has 1 atom stereocenters. The average Bonchev–Trinajstić information content (AvgIpc) is 2.02. The van der Waals surface area contributed by atoms with E-state index in [0.717, 1.165) is 0 Å². The van der Waals surface area contributed by atoms with E-state index in [1.807, 2.05) is 0 Å². The third-order valence-corrected chi connectivity index (χ3v) is 3.58. The second kappa shape index (κ2) is 2.47. The lowest BCUT2D eigenvalue weighted by molar-refractivity contribution is -0.181. The monoisotopic (exact) mass is 187 g/mol. The van der Waals surface area contributed by atoms with Gasteiger partial charge in [0.1, 0.15) is 12.8 Å². The van der Waals surface area contributed by atoms with Gasteiger partial charge in [0.05, 0.1) is 0 Å². The zero-order chi connectivity index (χ0) is 9.41. The van der Waals surface area contributed by atoms with Crippen molar-refractivity contribution in [1.82, 2.24) is 10.4 Å². The highest BCUT2D eigenvalue weighted by Gasteiger charge is 2.37. The first kappa shape index (κ1) is 9.04. The Morgan fingerprint density at radius 1 is 1.83 bits per heavy atom. The summed E-state index contributed by atoms with van der Waals surface area (Å²) in [4.78, 5) is 15.0. The van der Waals surface area contributed by atoms with Crippen LogP contribution in [0.25, 0.3) is 0 Å². The van der Waals surface area contributed by atoms with Gasteiger partial charge in [-0.05, 0) is 13.8 Å². The van der Waals surface area contributed by atoms with E-state index in [1.54, 1.807) is 6.19 Å². The van der Waals surface area contributed by atoms with Crippen LogP contribution in [0.1, 0.15) is 13.8 Å². The third kappa shape index (κ3) is 1.29. The summed E-state index contributed by atoms with van der Waals surface area (Å²) in [6.07, 6.45) is 1.58. The topological polar surface area (TPSA) is 100 Å². The summed E-state index contributed by atoms with van der Waals surface area (Å²) in [7, 11) is -3.75. The van der Waals surface area contributed by atoms with Crippen LogP contribution < -0.4 is 15.3 Å². The zero-order valence-electron chi connectivity index (χ0n) is 6.66. The molecule has 0 fully saturated rings. The van der Waals surface area contributed by atoms with Crippen LogP contribution in [0, 0.1) is 11.5 Å². The molecule has 6 nitrogen and oxygen atoms in total. The van der Waals surface area contributed by atoms with Crippen LogP contribution in [0.3, 0.4) is 0 Å². The molecule has 1 rings (SSSR count). The van der Waals surface area contributed by atoms with Crippen LogP contribution in [0.4, 0.5) is 0 Å². The van der Waals surface area contributed by atoms with Gasteiger partial charge in [-0.15, -0.1) is 0 Å². The first-order valence-corrected chi connectivity index (χ1v) is 4.86. The SMILES string of the molecule is CC1(C)N=C(NC#N)NP1(=O)[O-]. The molecule has 2 N–H and O–H groups in total. The van der Waals surface area contributed by atoms with Crippen molar-refractivity contribution in [2.45, 2.75) is 19.1 Å². The molecule has 1 unspecified atom stereocenters. The van der Waals surface area contributed by atoms with E-state index < -0.39 is 12.8 Å². The van der Waals surface area contributed by atoms with Crippen LogP contribution >= 0.6 is 7.52 Å². The van der Waals surface area contributed by atoms with E-state index in [0.29, 0.717) is 0 Å². The van der Waals surface area contributed by atoms with Crippen LogP contribution in [0.15, 0.2) is 4.99 Å². The van der Waals surface area contributed by atoms with Crippen molar-refractivity contribution >= 4 is 13.5 Å². The molecule has 0 spiro atoms. The number of hydrogen-bond acceptors (Lipinski definition) is 5. The maximum Gasteiger partial charge on any atom is 0.210 e. The second-order valence-electron chi connectivity index (χ2n) is 2.85. The van der Waals surface area contributed by atoms with Gasteiger partial charge in [-0.25, -0.2) is 4.99 Å². The molecule has 1 aliphatic heterocycles. The number of nitrogens with zero attached hydrogens (tertiary/aromatic N) is 2. The van der Waals surface area contributed by atoms with Crippen LogP contribution in [0.2, 0.25) is 0 Å².